The Hall–Kier alpha value is -1.42. The molecule has 0 bridgehead atoms. The number of benzene rings is 2. The van der Waals surface area contributed by atoms with Gasteiger partial charge in [-0.3, -0.25) is 0 Å². The van der Waals surface area contributed by atoms with Crippen LogP contribution in [0.15, 0.2) is 42.0 Å². The maximum Gasteiger partial charge on any atom is 0.131 e. The first-order chi connectivity index (χ1) is 12.0. The molecular weight excluding hydrogens is 338 g/mol. The molecule has 0 saturated carbocycles. The Labute approximate surface area is 155 Å². The molecule has 3 heteroatoms. The van der Waals surface area contributed by atoms with Gasteiger partial charge in [-0.2, -0.15) is 0 Å². The summed E-state index contributed by atoms with van der Waals surface area (Å²) in [5.41, 5.74) is 5.14. The highest BCUT2D eigenvalue weighted by molar-refractivity contribution is 7.25. The van der Waals surface area contributed by atoms with Crippen LogP contribution < -0.4 is 4.98 Å². The molecule has 0 amide bonds. The van der Waals surface area contributed by atoms with Crippen LogP contribution in [0.5, 0.6) is 0 Å². The Kier molecular flexibility index (Phi) is 4.34. The third kappa shape index (κ3) is 2.79. The molecule has 1 unspecified atom stereocenters. The summed E-state index contributed by atoms with van der Waals surface area (Å²) in [5.74, 6) is 0. The van der Waals surface area contributed by atoms with Gasteiger partial charge in [0.2, 0.25) is 0 Å². The van der Waals surface area contributed by atoms with Crippen molar-refractivity contribution in [1.82, 2.24) is 4.98 Å². The van der Waals surface area contributed by atoms with Crippen LogP contribution in [0.3, 0.4) is 0 Å². The van der Waals surface area contributed by atoms with E-state index in [-0.39, 0.29) is 0 Å². The van der Waals surface area contributed by atoms with E-state index in [1.54, 1.807) is 11.1 Å². The topological polar surface area (TPSA) is 12.0 Å². The number of nitrogens with one attached hydrogen (secondary N) is 1. The highest BCUT2D eigenvalue weighted by Gasteiger charge is 2.39. The average Bonchev–Trinajstić information content (AvgIpc) is 3.11. The maximum absolute atomic E-state index is 3.98. The molecule has 1 atom stereocenters. The van der Waals surface area contributed by atoms with Gasteiger partial charge in [-0.25, -0.2) is 0 Å². The number of thiophene rings is 1. The second kappa shape index (κ2) is 6.38. The van der Waals surface area contributed by atoms with Crippen LogP contribution in [-0.2, 0) is 0 Å². The summed E-state index contributed by atoms with van der Waals surface area (Å²) in [6, 6.07) is 13.6. The zero-order valence-electron chi connectivity index (χ0n) is 15.6. The third-order valence-electron chi connectivity index (χ3n) is 5.58. The van der Waals surface area contributed by atoms with E-state index in [1.165, 1.54) is 38.6 Å². The minimum absolute atomic E-state index is 0.570. The molecule has 0 saturated heterocycles. The molecular formula is C22H27NSSi. The molecule has 3 aromatic rings. The van der Waals surface area contributed by atoms with Gasteiger partial charge < -0.3 is 4.98 Å². The summed E-state index contributed by atoms with van der Waals surface area (Å²) in [6.07, 6.45) is 4.96. The molecule has 1 aliphatic carbocycles. The summed E-state index contributed by atoms with van der Waals surface area (Å²) in [7, 11) is -1.61. The third-order valence-corrected chi connectivity index (χ3v) is 10.1. The Balaban J connectivity index is 1.89. The van der Waals surface area contributed by atoms with E-state index in [2.05, 4.69) is 74.4 Å². The van der Waals surface area contributed by atoms with Crippen LogP contribution in [0.25, 0.3) is 26.2 Å². The van der Waals surface area contributed by atoms with E-state index in [4.69, 9.17) is 0 Å². The molecule has 2 aromatic carbocycles. The second-order valence-corrected chi connectivity index (χ2v) is 13.3. The summed E-state index contributed by atoms with van der Waals surface area (Å²) >= 11 is 1.93. The summed E-state index contributed by atoms with van der Waals surface area (Å²) < 4.78 is 2.85. The van der Waals surface area contributed by atoms with Gasteiger partial charge in [-0.05, 0) is 43.1 Å². The van der Waals surface area contributed by atoms with Crippen LogP contribution in [0.2, 0.25) is 13.1 Å². The number of allylic oxidation sites excluding steroid dienone is 1. The largest absolute Gasteiger partial charge is 0.337 e. The first-order valence-corrected chi connectivity index (χ1v) is 13.3. The summed E-state index contributed by atoms with van der Waals surface area (Å²) in [4.78, 5) is 3.98. The van der Waals surface area contributed by atoms with Crippen molar-refractivity contribution in [3.63, 3.8) is 0 Å². The van der Waals surface area contributed by atoms with Gasteiger partial charge in [0, 0.05) is 25.7 Å². The molecule has 1 aliphatic rings. The molecule has 4 rings (SSSR count). The quantitative estimate of drug-likeness (QED) is 0.392. The van der Waals surface area contributed by atoms with Crippen LogP contribution in [0, 0.1) is 0 Å². The van der Waals surface area contributed by atoms with Crippen LogP contribution in [0.4, 0.5) is 0 Å². The summed E-state index contributed by atoms with van der Waals surface area (Å²) in [6.45, 7) is 10.8. The van der Waals surface area contributed by atoms with Crippen molar-refractivity contribution in [2.45, 2.75) is 45.3 Å². The van der Waals surface area contributed by atoms with E-state index in [9.17, 15) is 0 Å². The van der Waals surface area contributed by atoms with Crippen molar-refractivity contribution in [3.8, 4) is 0 Å². The van der Waals surface area contributed by atoms with Gasteiger partial charge in [0.1, 0.15) is 8.24 Å². The first-order valence-electron chi connectivity index (χ1n) is 9.40. The van der Waals surface area contributed by atoms with Gasteiger partial charge in [0.25, 0.3) is 0 Å². The van der Waals surface area contributed by atoms with Gasteiger partial charge >= 0.3 is 0 Å². The summed E-state index contributed by atoms with van der Waals surface area (Å²) in [5, 5.41) is 2.94. The number of hydrogen-bond donors (Lipinski definition) is 1. The van der Waals surface area contributed by atoms with E-state index in [1.807, 2.05) is 11.3 Å². The molecule has 0 fully saturated rings. The molecule has 1 heterocycles. The lowest BCUT2D eigenvalue weighted by Gasteiger charge is -2.33. The van der Waals surface area contributed by atoms with Gasteiger partial charge in [-0.1, -0.05) is 62.4 Å². The van der Waals surface area contributed by atoms with Crippen molar-refractivity contribution < 1.29 is 0 Å². The smallest absolute Gasteiger partial charge is 0.131 e. The van der Waals surface area contributed by atoms with Crippen LogP contribution in [-0.4, -0.2) is 14.8 Å². The van der Waals surface area contributed by atoms with Gasteiger partial charge in [-0.15, -0.1) is 11.3 Å². The fourth-order valence-electron chi connectivity index (χ4n) is 4.47. The molecule has 0 aliphatic heterocycles. The van der Waals surface area contributed by atoms with Gasteiger partial charge in [0.05, 0.1) is 0 Å². The Bertz CT molecular complexity index is 967. The minimum atomic E-state index is -1.61. The zero-order valence-corrected chi connectivity index (χ0v) is 17.5. The second-order valence-electron chi connectivity index (χ2n) is 7.86. The maximum atomic E-state index is 3.98. The Morgan fingerprint density at radius 2 is 1.88 bits per heavy atom. The molecule has 0 radical (unpaired) electrons. The lowest BCUT2D eigenvalue weighted by atomic mass is 10.0. The predicted octanol–water partition coefficient (Wildman–Crippen LogP) is 6.69. The minimum Gasteiger partial charge on any atom is -0.337 e. The predicted molar refractivity (Wildman–Crippen MR) is 116 cm³/mol. The fraction of sp³-hybridized carbons (Fsp3) is 0.364. The monoisotopic (exact) mass is 365 g/mol. The van der Waals surface area contributed by atoms with Crippen molar-refractivity contribution in [1.29, 1.82) is 0 Å². The van der Waals surface area contributed by atoms with E-state index in [0.717, 1.165) is 6.54 Å². The molecule has 1 nitrogen and oxygen atoms in total. The van der Waals surface area contributed by atoms with E-state index < -0.39 is 8.24 Å². The van der Waals surface area contributed by atoms with Crippen molar-refractivity contribution in [2.75, 3.05) is 6.54 Å². The van der Waals surface area contributed by atoms with E-state index >= 15 is 0 Å². The number of fused-ring (bicyclic) bond motifs is 5. The molecule has 25 heavy (non-hydrogen) atoms. The van der Waals surface area contributed by atoms with E-state index in [0.29, 0.717) is 5.54 Å². The zero-order chi connectivity index (χ0) is 17.6. The lowest BCUT2D eigenvalue weighted by molar-refractivity contribution is 0.745. The number of unbranched alkanes of at least 4 members (excludes halogenated alkanes) is 1. The SMILES string of the molecule is CCCCN[Si](C)(C)C1C(C)=Cc2ccc3sc4ccccc4c3c21. The molecule has 1 aromatic heterocycles. The average molecular weight is 366 g/mol. The molecule has 0 spiro atoms. The normalized spacial score (nSPS) is 17.3. The standard InChI is InChI=1S/C22H27NSSi/c1-5-6-13-23-25(3,4)22-15(2)14-16-11-12-19-21(20(16)22)17-9-7-8-10-18(17)24-19/h7-12,14,22-23H,5-6,13H2,1-4H3. The van der Waals surface area contributed by atoms with Crippen molar-refractivity contribution in [3.05, 3.63) is 53.1 Å². The highest BCUT2D eigenvalue weighted by atomic mass is 32.1. The van der Waals surface area contributed by atoms with Crippen LogP contribution >= 0.6 is 11.3 Å². The number of rotatable bonds is 5. The van der Waals surface area contributed by atoms with Crippen molar-refractivity contribution >= 4 is 45.8 Å². The lowest BCUT2D eigenvalue weighted by Crippen LogP contribution is -2.50. The fourth-order valence-corrected chi connectivity index (χ4v) is 8.87. The van der Waals surface area contributed by atoms with Crippen LogP contribution in [0.1, 0.15) is 43.4 Å². The highest BCUT2D eigenvalue weighted by Crippen LogP contribution is 2.48. The molecule has 130 valence electrons. The molecule has 1 N–H and O–H groups in total. The number of hydrogen-bond acceptors (Lipinski definition) is 2. The first kappa shape index (κ1) is 17.0. The van der Waals surface area contributed by atoms with Crippen molar-refractivity contribution in [2.24, 2.45) is 0 Å². The van der Waals surface area contributed by atoms with Gasteiger partial charge in [0.15, 0.2) is 0 Å². The Morgan fingerprint density at radius 1 is 1.08 bits per heavy atom. The Morgan fingerprint density at radius 3 is 2.68 bits per heavy atom.